The summed E-state index contributed by atoms with van der Waals surface area (Å²) in [6.07, 6.45) is 20.5. The standard InChI is InChI=1S/C43H53N5O3/c1-4-6-8-10-12-16-22-34-28-29-38(43(50)51-39-30-31-45-46(39)3)40(37(34)27-21-13-11-9-7-5-2)42(49)48(36-25-19-15-20-26-36)47-33-32-44-41(47)35-23-17-14-18-24-35/h14-15,17-20,23-26,28-33H,4-13,16,21-22,27H2,1-3H3. The van der Waals surface area contributed by atoms with Crippen molar-refractivity contribution >= 4 is 17.6 Å². The van der Waals surface area contributed by atoms with Crippen LogP contribution in [0.25, 0.3) is 11.4 Å². The summed E-state index contributed by atoms with van der Waals surface area (Å²) in [6, 6.07) is 24.9. The lowest BCUT2D eigenvalue weighted by Crippen LogP contribution is -2.38. The van der Waals surface area contributed by atoms with E-state index in [1.807, 2.05) is 60.7 Å². The maximum Gasteiger partial charge on any atom is 0.345 e. The Hall–Kier alpha value is -4.98. The SMILES string of the molecule is CCCCCCCCc1ccc(C(=O)Oc2ccnn2C)c(C(=O)N(c2ccccc2)n2ccnc2-c2ccccc2)c1CCCCCCCC. The first-order valence-electron chi connectivity index (χ1n) is 18.9. The lowest BCUT2D eigenvalue weighted by atomic mass is 9.88. The third-order valence-corrected chi connectivity index (χ3v) is 9.46. The van der Waals surface area contributed by atoms with E-state index in [4.69, 9.17) is 9.72 Å². The third kappa shape index (κ3) is 9.84. The number of rotatable bonds is 20. The molecule has 0 saturated carbocycles. The summed E-state index contributed by atoms with van der Waals surface area (Å²) in [5.74, 6) is 0.0405. The van der Waals surface area contributed by atoms with Crippen molar-refractivity contribution in [3.8, 4) is 17.3 Å². The number of carbonyl (C=O) groups is 2. The Kier molecular flexibility index (Phi) is 14.2. The Morgan fingerprint density at radius 1 is 0.706 bits per heavy atom. The highest BCUT2D eigenvalue weighted by molar-refractivity contribution is 6.13. The Morgan fingerprint density at radius 3 is 1.98 bits per heavy atom. The highest BCUT2D eigenvalue weighted by atomic mass is 16.5. The molecule has 8 heteroatoms. The van der Waals surface area contributed by atoms with Crippen LogP contribution in [0.2, 0.25) is 0 Å². The van der Waals surface area contributed by atoms with Crippen molar-refractivity contribution in [3.05, 3.63) is 120 Å². The van der Waals surface area contributed by atoms with Crippen LogP contribution < -0.4 is 9.75 Å². The van der Waals surface area contributed by atoms with E-state index in [2.05, 4.69) is 25.0 Å². The van der Waals surface area contributed by atoms with E-state index in [-0.39, 0.29) is 11.5 Å². The van der Waals surface area contributed by atoms with E-state index in [9.17, 15) is 4.79 Å². The van der Waals surface area contributed by atoms with Gasteiger partial charge in [-0.3, -0.25) is 4.79 Å². The van der Waals surface area contributed by atoms with E-state index >= 15 is 4.79 Å². The summed E-state index contributed by atoms with van der Waals surface area (Å²) in [4.78, 5) is 34.3. The third-order valence-electron chi connectivity index (χ3n) is 9.46. The Bertz CT molecular complexity index is 1810. The zero-order valence-corrected chi connectivity index (χ0v) is 30.6. The molecule has 2 aromatic heterocycles. The minimum Gasteiger partial charge on any atom is -0.404 e. The molecule has 0 aliphatic rings. The number of hydrogen-bond acceptors (Lipinski definition) is 5. The molecular weight excluding hydrogens is 635 g/mol. The van der Waals surface area contributed by atoms with Gasteiger partial charge in [-0.15, -0.1) is 0 Å². The first-order valence-corrected chi connectivity index (χ1v) is 18.9. The molecule has 0 saturated heterocycles. The monoisotopic (exact) mass is 687 g/mol. The van der Waals surface area contributed by atoms with Crippen LogP contribution in [0.1, 0.15) is 123 Å². The number of amides is 1. The second-order valence-electron chi connectivity index (χ2n) is 13.3. The Labute approximate surface area is 303 Å². The van der Waals surface area contributed by atoms with Crippen LogP contribution in [-0.4, -0.2) is 31.3 Å². The van der Waals surface area contributed by atoms with E-state index in [0.717, 1.165) is 55.2 Å². The number of carbonyl (C=O) groups excluding carboxylic acids is 2. The van der Waals surface area contributed by atoms with Crippen molar-refractivity contribution in [2.75, 3.05) is 5.01 Å². The lowest BCUT2D eigenvalue weighted by molar-refractivity contribution is 0.0714. The van der Waals surface area contributed by atoms with Gasteiger partial charge in [0.25, 0.3) is 5.91 Å². The van der Waals surface area contributed by atoms with Crippen LogP contribution in [-0.2, 0) is 19.9 Å². The predicted octanol–water partition coefficient (Wildman–Crippen LogP) is 10.4. The molecule has 0 spiro atoms. The molecule has 5 aromatic rings. The summed E-state index contributed by atoms with van der Waals surface area (Å²) < 4.78 is 9.20. The fourth-order valence-corrected chi connectivity index (χ4v) is 6.68. The molecular formula is C43H53N5O3. The summed E-state index contributed by atoms with van der Waals surface area (Å²) in [6.45, 7) is 4.46. The second kappa shape index (κ2) is 19.4. The minimum atomic E-state index is -0.584. The van der Waals surface area contributed by atoms with Gasteiger partial charge < -0.3 is 4.74 Å². The van der Waals surface area contributed by atoms with Gasteiger partial charge in [-0.25, -0.2) is 24.1 Å². The first kappa shape index (κ1) is 37.3. The smallest absolute Gasteiger partial charge is 0.345 e. The van der Waals surface area contributed by atoms with Crippen LogP contribution in [0.4, 0.5) is 5.69 Å². The molecule has 0 fully saturated rings. The average Bonchev–Trinajstić information content (AvgIpc) is 3.81. The van der Waals surface area contributed by atoms with E-state index in [1.165, 1.54) is 49.6 Å². The largest absolute Gasteiger partial charge is 0.404 e. The van der Waals surface area contributed by atoms with Crippen molar-refractivity contribution in [1.82, 2.24) is 19.4 Å². The van der Waals surface area contributed by atoms with Gasteiger partial charge in [-0.05, 0) is 55.0 Å². The number of ether oxygens (including phenoxy) is 1. The van der Waals surface area contributed by atoms with Crippen molar-refractivity contribution in [3.63, 3.8) is 0 Å². The van der Waals surface area contributed by atoms with Gasteiger partial charge in [0, 0.05) is 31.1 Å². The molecule has 2 heterocycles. The fourth-order valence-electron chi connectivity index (χ4n) is 6.68. The maximum atomic E-state index is 15.5. The minimum absolute atomic E-state index is 0.246. The molecule has 0 atom stereocenters. The lowest BCUT2D eigenvalue weighted by Gasteiger charge is -2.28. The number of benzene rings is 3. The normalized spacial score (nSPS) is 11.1. The number of unbranched alkanes of at least 4 members (excludes halogenated alkanes) is 10. The van der Waals surface area contributed by atoms with Crippen LogP contribution in [0.5, 0.6) is 5.88 Å². The maximum absolute atomic E-state index is 15.5. The molecule has 0 bridgehead atoms. The number of esters is 1. The van der Waals surface area contributed by atoms with Crippen LogP contribution in [0.3, 0.4) is 0 Å². The molecule has 8 nitrogen and oxygen atoms in total. The Balaban J connectivity index is 1.63. The number of hydrogen-bond donors (Lipinski definition) is 0. The number of imidazole rings is 1. The fraction of sp³-hybridized carbons (Fsp3) is 0.395. The van der Waals surface area contributed by atoms with Crippen LogP contribution in [0, 0.1) is 0 Å². The van der Waals surface area contributed by atoms with Gasteiger partial charge in [-0.1, -0.05) is 133 Å². The van der Waals surface area contributed by atoms with Gasteiger partial charge in [-0.2, -0.15) is 5.10 Å². The number of nitrogens with zero attached hydrogens (tertiary/aromatic N) is 5. The second-order valence-corrected chi connectivity index (χ2v) is 13.3. The van der Waals surface area contributed by atoms with Gasteiger partial charge in [0.15, 0.2) is 5.82 Å². The molecule has 3 aromatic carbocycles. The summed E-state index contributed by atoms with van der Waals surface area (Å²) >= 11 is 0. The molecule has 1 amide bonds. The summed E-state index contributed by atoms with van der Waals surface area (Å²) in [7, 11) is 1.73. The van der Waals surface area contributed by atoms with Crippen molar-refractivity contribution < 1.29 is 14.3 Å². The average molecular weight is 688 g/mol. The van der Waals surface area contributed by atoms with E-state index in [0.29, 0.717) is 29.4 Å². The molecule has 0 unspecified atom stereocenters. The molecule has 0 N–H and O–H groups in total. The number of aromatic nitrogens is 4. The summed E-state index contributed by atoms with van der Waals surface area (Å²) in [5, 5.41) is 5.82. The zero-order chi connectivity index (χ0) is 35.8. The number of para-hydroxylation sites is 1. The van der Waals surface area contributed by atoms with E-state index in [1.54, 1.807) is 47.5 Å². The van der Waals surface area contributed by atoms with Crippen LogP contribution >= 0.6 is 0 Å². The number of anilines is 1. The molecule has 268 valence electrons. The van der Waals surface area contributed by atoms with Crippen molar-refractivity contribution in [2.24, 2.45) is 7.05 Å². The van der Waals surface area contributed by atoms with Gasteiger partial charge in [0.1, 0.15) is 0 Å². The first-order chi connectivity index (χ1) is 25.0. The molecule has 5 rings (SSSR count). The Morgan fingerprint density at radius 2 is 1.33 bits per heavy atom. The van der Waals surface area contributed by atoms with Gasteiger partial charge in [0.05, 0.1) is 23.0 Å². The molecule has 51 heavy (non-hydrogen) atoms. The molecule has 0 aliphatic carbocycles. The van der Waals surface area contributed by atoms with Crippen molar-refractivity contribution in [1.29, 1.82) is 0 Å². The molecule has 0 aliphatic heterocycles. The van der Waals surface area contributed by atoms with Gasteiger partial charge >= 0.3 is 5.97 Å². The van der Waals surface area contributed by atoms with E-state index < -0.39 is 5.97 Å². The highest BCUT2D eigenvalue weighted by Crippen LogP contribution is 2.31. The predicted molar refractivity (Wildman–Crippen MR) is 205 cm³/mol. The zero-order valence-electron chi connectivity index (χ0n) is 30.6. The number of aryl methyl sites for hydroxylation is 2. The summed E-state index contributed by atoms with van der Waals surface area (Å²) in [5.41, 5.74) is 4.23. The molecule has 0 radical (unpaired) electrons. The quantitative estimate of drug-likeness (QED) is 0.0601. The highest BCUT2D eigenvalue weighted by Gasteiger charge is 2.31. The van der Waals surface area contributed by atoms with Crippen molar-refractivity contribution in [2.45, 2.75) is 104 Å². The van der Waals surface area contributed by atoms with Crippen LogP contribution in [0.15, 0.2) is 97.5 Å². The topological polar surface area (TPSA) is 82.2 Å². The van der Waals surface area contributed by atoms with Gasteiger partial charge in [0.2, 0.25) is 5.88 Å².